The summed E-state index contributed by atoms with van der Waals surface area (Å²) in [5.74, 6) is -5.14. The van der Waals surface area contributed by atoms with Gasteiger partial charge in [-0.3, -0.25) is 9.59 Å². The first-order chi connectivity index (χ1) is 39.0. The number of carbonyl (C=O) groups is 3. The van der Waals surface area contributed by atoms with Crippen LogP contribution in [-0.4, -0.2) is 113 Å². The molecule has 4 aliphatic heterocycles. The minimum absolute atomic E-state index is 0.00909. The summed E-state index contributed by atoms with van der Waals surface area (Å²) in [7, 11) is 2.93. The molecule has 16 atom stereocenters. The molecular weight excluding hydrogens is 1060 g/mol. The van der Waals surface area contributed by atoms with Crippen molar-refractivity contribution in [3.8, 4) is 5.75 Å². The third-order valence-electron chi connectivity index (χ3n) is 24.4. The Hall–Kier alpha value is -3.97. The van der Waals surface area contributed by atoms with Gasteiger partial charge in [0.1, 0.15) is 40.5 Å². The summed E-state index contributed by atoms with van der Waals surface area (Å²) in [6.45, 7) is -0.294. The molecule has 0 radical (unpaired) electrons. The molecule has 6 saturated carbocycles. The van der Waals surface area contributed by atoms with Crippen LogP contribution in [0.4, 0.5) is 0 Å². The molecule has 81 heavy (non-hydrogen) atoms. The van der Waals surface area contributed by atoms with Gasteiger partial charge in [0.05, 0.1) is 42.0 Å². The van der Waals surface area contributed by atoms with E-state index in [0.717, 1.165) is 87.6 Å². The molecule has 4 heterocycles. The predicted molar refractivity (Wildman–Crippen MR) is 304 cm³/mol. The molecule has 16 rings (SSSR count). The van der Waals surface area contributed by atoms with Crippen LogP contribution in [0.2, 0.25) is 0 Å². The second kappa shape index (κ2) is 18.8. The van der Waals surface area contributed by atoms with Crippen molar-refractivity contribution in [3.05, 3.63) is 111 Å². The Morgan fingerprint density at radius 2 is 1.65 bits per heavy atom. The first-order valence-electron chi connectivity index (χ1n) is 30.5. The fourth-order valence-electron chi connectivity index (χ4n) is 21.4. The summed E-state index contributed by atoms with van der Waals surface area (Å²) in [5, 5.41) is 95.5. The van der Waals surface area contributed by atoms with Gasteiger partial charge in [-0.15, -0.1) is 0 Å². The van der Waals surface area contributed by atoms with E-state index in [-0.39, 0.29) is 76.6 Å². The molecule has 10 aliphatic carbocycles. The lowest BCUT2D eigenvalue weighted by Crippen LogP contribution is -2.88. The molecule has 2 aromatic rings. The van der Waals surface area contributed by atoms with Gasteiger partial charge in [0.25, 0.3) is 0 Å². The lowest BCUT2D eigenvalue weighted by molar-refractivity contribution is -0.461. The number of hydrogen-bond donors (Lipinski definition) is 9. The standard InChI is InChI=1S/C65H78N2O12S2/c68-30-37-9-6-8-36(20-37)21-38-22-47-53(72)42-10-7-11-48-52(42)55(73)64(47,49(71)23-38)50(13-18-60(76)16-2-1-3-17-60)81-80-35-67-51-26-46-44(29-66-51)39-24-40-28-59(32-58(14-4-5-15-58)27-41(59)31-69)33-61(40,46)54-43(25-39)45-12-19-63(78-48)57(75)65(54,77)56(74)62(45,34-70)79-63/h6-11,20,22-23,26,31,39-41,43,45,47,50,54,56-57,66-68,70-71,74-77H,1-5,12-19,21,24-25,27-30,32-35H2/t39-,40-,41-,43+,45+,47-,50+,54-,56-,57+,59-,61-,62+,63-,64+,65+/m1/s1. The highest BCUT2D eigenvalue weighted by Gasteiger charge is 2.84. The molecule has 0 aromatic heterocycles. The molecule has 2 aromatic carbocycles. The number of ether oxygens (including phenoxy) is 2. The number of aliphatic hydroxyl groups is 7. The predicted octanol–water partition coefficient (Wildman–Crippen LogP) is 8.23. The highest BCUT2D eigenvalue weighted by molar-refractivity contribution is 8.76. The molecular formula is C65H78N2O12S2. The van der Waals surface area contributed by atoms with Crippen LogP contribution in [0.1, 0.15) is 154 Å². The topological polar surface area (TPSA) is 235 Å². The van der Waals surface area contributed by atoms with Crippen molar-refractivity contribution >= 4 is 39.4 Å². The number of hydrogen-bond acceptors (Lipinski definition) is 16. The van der Waals surface area contributed by atoms with E-state index >= 15 is 9.59 Å². The lowest BCUT2D eigenvalue weighted by atomic mass is 9.42. The van der Waals surface area contributed by atoms with Crippen LogP contribution in [0.3, 0.4) is 0 Å². The molecule has 432 valence electrons. The summed E-state index contributed by atoms with van der Waals surface area (Å²) in [4.78, 5) is 46.2. The van der Waals surface area contributed by atoms with Crippen LogP contribution >= 0.6 is 21.6 Å². The molecule has 0 unspecified atom stereocenters. The van der Waals surface area contributed by atoms with Crippen molar-refractivity contribution in [2.75, 3.05) is 19.0 Å². The maximum atomic E-state index is 16.7. The summed E-state index contributed by atoms with van der Waals surface area (Å²) < 4.78 is 14.4. The van der Waals surface area contributed by atoms with Crippen molar-refractivity contribution in [1.29, 1.82) is 0 Å². The first-order valence-corrected chi connectivity index (χ1v) is 32.9. The van der Waals surface area contributed by atoms with E-state index in [2.05, 4.69) is 16.7 Å². The van der Waals surface area contributed by atoms with Gasteiger partial charge in [-0.2, -0.15) is 0 Å². The van der Waals surface area contributed by atoms with Gasteiger partial charge in [-0.05, 0) is 170 Å². The summed E-state index contributed by atoms with van der Waals surface area (Å²) in [6, 6.07) is 12.3. The number of Topliss-reactive ketones (excluding diaryl/α,β-unsaturated/α-hetero) is 2. The van der Waals surface area contributed by atoms with Crippen LogP contribution < -0.4 is 15.4 Å². The molecule has 14 aliphatic rings. The van der Waals surface area contributed by atoms with Crippen molar-refractivity contribution in [3.63, 3.8) is 0 Å². The van der Waals surface area contributed by atoms with E-state index in [1.807, 2.05) is 30.3 Å². The monoisotopic (exact) mass is 1140 g/mol. The summed E-state index contributed by atoms with van der Waals surface area (Å²) in [6.07, 6.45) is 17.7. The number of aldehydes is 1. The van der Waals surface area contributed by atoms with Crippen LogP contribution in [0.15, 0.2) is 89.0 Å². The van der Waals surface area contributed by atoms with E-state index in [9.17, 15) is 40.5 Å². The van der Waals surface area contributed by atoms with E-state index < -0.39 is 86.8 Å². The van der Waals surface area contributed by atoms with Crippen LogP contribution in [0, 0.1) is 63.1 Å². The number of rotatable bonds is 8. The fourth-order valence-corrected chi connectivity index (χ4v) is 24.2. The smallest absolute Gasteiger partial charge is 0.240 e. The van der Waals surface area contributed by atoms with Gasteiger partial charge in [-0.25, -0.2) is 0 Å². The van der Waals surface area contributed by atoms with Gasteiger partial charge in [0, 0.05) is 41.0 Å². The Morgan fingerprint density at radius 3 is 2.44 bits per heavy atom. The van der Waals surface area contributed by atoms with Crippen LogP contribution in [-0.2, 0) is 22.6 Å². The van der Waals surface area contributed by atoms with Crippen molar-refractivity contribution in [2.45, 2.75) is 175 Å². The Balaban J connectivity index is 0.916. The number of nitrogens with one attached hydrogen (secondary N) is 2. The molecule has 5 spiro atoms. The number of carbonyl (C=O) groups excluding carboxylic acids is 3. The van der Waals surface area contributed by atoms with Gasteiger partial charge < -0.3 is 60.6 Å². The Kier molecular flexibility index (Phi) is 12.4. The molecule has 16 heteroatoms. The zero-order valence-corrected chi connectivity index (χ0v) is 47.7. The van der Waals surface area contributed by atoms with Crippen molar-refractivity contribution in [2.24, 2.45) is 63.1 Å². The molecule has 10 bridgehead atoms. The number of benzene rings is 2. The Morgan fingerprint density at radius 1 is 0.864 bits per heavy atom. The summed E-state index contributed by atoms with van der Waals surface area (Å²) in [5.41, 5.74) is -3.57. The molecule has 8 fully saturated rings. The van der Waals surface area contributed by atoms with Crippen LogP contribution in [0.25, 0.3) is 0 Å². The average Bonchev–Trinajstić information content (AvgIpc) is 3.26. The lowest BCUT2D eigenvalue weighted by Gasteiger charge is -2.72. The zero-order valence-electron chi connectivity index (χ0n) is 46.1. The average molecular weight is 1140 g/mol. The van der Waals surface area contributed by atoms with Gasteiger partial charge in [-0.1, -0.05) is 96.2 Å². The van der Waals surface area contributed by atoms with Crippen LogP contribution in [0.5, 0.6) is 5.75 Å². The number of allylic oxidation sites excluding steroid dienone is 6. The first kappa shape index (κ1) is 53.7. The Bertz CT molecular complexity index is 3130. The van der Waals surface area contributed by atoms with E-state index in [4.69, 9.17) is 9.47 Å². The van der Waals surface area contributed by atoms with Gasteiger partial charge in [0.2, 0.25) is 5.79 Å². The fraction of sp³-hybridized carbons (Fsp3) is 0.646. The molecule has 2 saturated heterocycles. The quantitative estimate of drug-likeness (QED) is 0.0894. The highest BCUT2D eigenvalue weighted by atomic mass is 33.1. The van der Waals surface area contributed by atoms with Crippen molar-refractivity contribution in [1.82, 2.24) is 10.6 Å². The van der Waals surface area contributed by atoms with E-state index in [1.54, 1.807) is 24.3 Å². The van der Waals surface area contributed by atoms with Gasteiger partial charge >= 0.3 is 0 Å². The second-order valence-corrected chi connectivity index (χ2v) is 30.5. The number of dihydropyridines is 1. The van der Waals surface area contributed by atoms with Gasteiger partial charge in [0.15, 0.2) is 17.7 Å². The number of ketones is 2. The molecule has 0 amide bonds. The molecule has 14 nitrogen and oxygen atoms in total. The second-order valence-electron chi connectivity index (χ2n) is 27.9. The third kappa shape index (κ3) is 7.29. The normalized spacial score (nSPS) is 43.7. The third-order valence-corrected chi connectivity index (χ3v) is 27.1. The SMILES string of the molecule is O=C[C@H]1CC2(CCCC2)C[C@@]12C[C@H]1C[C@@H]3C[C@@H]4[C@@H]5[C@@]1(C2)C1=C3CNC(=C1)NCSS[C@@H](CCC1(O)CCCCC1)[C@]12C(=O)c3c(cccc3C(=O)[C@H]1C=C(Cc1cccc(CO)c1)C=C2O)O[C@]12CC[C@@H]4[C@](CO)(O1)[C@@H](O)[C@]5(O)[C@H]2O. The zero-order chi connectivity index (χ0) is 55.7. The minimum atomic E-state index is -2.35. The maximum absolute atomic E-state index is 16.7. The largest absolute Gasteiger partial charge is 0.511 e. The number of aliphatic hydroxyl groups excluding tert-OH is 5. The molecule has 9 N–H and O–H groups in total. The highest BCUT2D eigenvalue weighted by Crippen LogP contribution is 2.80. The van der Waals surface area contributed by atoms with E-state index in [1.165, 1.54) is 33.4 Å². The minimum Gasteiger partial charge on any atom is -0.511 e. The Labute approximate surface area is 481 Å². The van der Waals surface area contributed by atoms with E-state index in [0.29, 0.717) is 68.5 Å². The van der Waals surface area contributed by atoms with Crippen molar-refractivity contribution < 1.29 is 59.6 Å². The summed E-state index contributed by atoms with van der Waals surface area (Å²) >= 11 is 0. The maximum Gasteiger partial charge on any atom is 0.240 e.